The Bertz CT molecular complexity index is 922. The molecule has 7 nitrogen and oxygen atoms in total. The van der Waals surface area contributed by atoms with Gasteiger partial charge in [-0.25, -0.2) is 0 Å². The normalized spacial score (nSPS) is 18.1. The van der Waals surface area contributed by atoms with E-state index in [1.807, 2.05) is 0 Å². The van der Waals surface area contributed by atoms with Gasteiger partial charge >= 0.3 is 0 Å². The molecule has 3 rings (SSSR count). The highest BCUT2D eigenvalue weighted by Gasteiger charge is 2.45. The van der Waals surface area contributed by atoms with Gasteiger partial charge < -0.3 is 19.5 Å². The molecule has 29 heavy (non-hydrogen) atoms. The van der Waals surface area contributed by atoms with Gasteiger partial charge in [0.2, 0.25) is 0 Å². The van der Waals surface area contributed by atoms with Crippen LogP contribution in [0, 0.1) is 0 Å². The fraction of sp³-hybridized carbons (Fsp3) is 0.227. The zero-order chi connectivity index (χ0) is 20.8. The van der Waals surface area contributed by atoms with E-state index in [-0.39, 0.29) is 24.5 Å². The molecular weight excluding hydrogens is 372 g/mol. The number of hydrogen-bond acceptors (Lipinski definition) is 6. The number of ether oxygens (including phenoxy) is 2. The van der Waals surface area contributed by atoms with E-state index in [2.05, 4.69) is 11.6 Å². The number of aromatic nitrogens is 1. The molecule has 0 aliphatic carbocycles. The minimum absolute atomic E-state index is 0.0267. The van der Waals surface area contributed by atoms with Crippen LogP contribution in [0.15, 0.2) is 67.0 Å². The first-order valence-corrected chi connectivity index (χ1v) is 9.10. The highest BCUT2D eigenvalue weighted by Crippen LogP contribution is 2.39. The number of likely N-dealkylation sites (tertiary alicyclic amines) is 1. The van der Waals surface area contributed by atoms with Crippen LogP contribution < -0.4 is 4.74 Å². The van der Waals surface area contributed by atoms with Crippen molar-refractivity contribution >= 4 is 17.4 Å². The number of hydrogen-bond donors (Lipinski definition) is 1. The molecule has 0 unspecified atom stereocenters. The summed E-state index contributed by atoms with van der Waals surface area (Å²) in [6.45, 7) is 4.43. The number of amides is 1. The molecule has 0 bridgehead atoms. The molecule has 1 saturated heterocycles. The summed E-state index contributed by atoms with van der Waals surface area (Å²) < 4.78 is 10.5. The SMILES string of the molecule is C=CCOc1ccc(/C(O)=C2\C(=O)C(=O)N(CCOC)[C@H]2c2cccnc2)cc1. The summed E-state index contributed by atoms with van der Waals surface area (Å²) in [5.41, 5.74) is 1.07. The van der Waals surface area contributed by atoms with Crippen molar-refractivity contribution in [3.8, 4) is 5.75 Å². The Labute approximate surface area is 168 Å². The topological polar surface area (TPSA) is 89.0 Å². The maximum absolute atomic E-state index is 12.8. The molecule has 1 atom stereocenters. The molecule has 0 saturated carbocycles. The summed E-state index contributed by atoms with van der Waals surface area (Å²) in [4.78, 5) is 30.9. The number of rotatable bonds is 8. The van der Waals surface area contributed by atoms with Gasteiger partial charge in [0, 0.05) is 31.6 Å². The van der Waals surface area contributed by atoms with Crippen molar-refractivity contribution < 1.29 is 24.2 Å². The standard InChI is InChI=1S/C22H22N2O5/c1-3-12-29-17-8-6-15(7-9-17)20(25)18-19(16-5-4-10-23-14-16)24(11-13-28-2)22(27)21(18)26/h3-10,14,19,25H,1,11-13H2,2H3/b20-18+/t19-/m0/s1. The number of carbonyl (C=O) groups excluding carboxylic acids is 2. The molecule has 2 aromatic rings. The maximum atomic E-state index is 12.8. The second-order valence-electron chi connectivity index (χ2n) is 6.40. The molecule has 150 valence electrons. The summed E-state index contributed by atoms with van der Waals surface area (Å²) in [5.74, 6) is -1.05. The Morgan fingerprint density at radius 1 is 1.28 bits per heavy atom. The zero-order valence-electron chi connectivity index (χ0n) is 16.1. The highest BCUT2D eigenvalue weighted by atomic mass is 16.5. The Kier molecular flexibility index (Phi) is 6.41. The lowest BCUT2D eigenvalue weighted by atomic mass is 9.96. The zero-order valence-corrected chi connectivity index (χ0v) is 16.1. The Balaban J connectivity index is 2.04. The first-order chi connectivity index (χ1) is 14.1. The molecule has 2 heterocycles. The third-order valence-corrected chi connectivity index (χ3v) is 4.57. The van der Waals surface area contributed by atoms with Crippen LogP contribution in [0.1, 0.15) is 17.2 Å². The van der Waals surface area contributed by atoms with E-state index >= 15 is 0 Å². The van der Waals surface area contributed by atoms with Gasteiger partial charge in [-0.1, -0.05) is 18.7 Å². The predicted octanol–water partition coefficient (Wildman–Crippen LogP) is 2.71. The van der Waals surface area contributed by atoms with Crippen LogP contribution >= 0.6 is 0 Å². The van der Waals surface area contributed by atoms with Crippen LogP contribution in [-0.4, -0.2) is 53.5 Å². The molecule has 7 heteroatoms. The molecule has 1 aliphatic heterocycles. The van der Waals surface area contributed by atoms with Crippen LogP contribution in [-0.2, 0) is 14.3 Å². The number of benzene rings is 1. The quantitative estimate of drug-likeness (QED) is 0.321. The third-order valence-electron chi connectivity index (χ3n) is 4.57. The molecule has 1 aliphatic rings. The van der Waals surface area contributed by atoms with E-state index in [0.29, 0.717) is 23.5 Å². The van der Waals surface area contributed by atoms with E-state index in [1.54, 1.807) is 54.9 Å². The fourth-order valence-corrected chi connectivity index (χ4v) is 3.20. The lowest BCUT2D eigenvalue weighted by Crippen LogP contribution is -2.32. The van der Waals surface area contributed by atoms with E-state index < -0.39 is 17.7 Å². The number of nitrogens with zero attached hydrogens (tertiary/aromatic N) is 2. The van der Waals surface area contributed by atoms with Crippen molar-refractivity contribution in [3.63, 3.8) is 0 Å². The number of ketones is 1. The summed E-state index contributed by atoms with van der Waals surface area (Å²) in [5, 5.41) is 10.9. The van der Waals surface area contributed by atoms with E-state index in [9.17, 15) is 14.7 Å². The summed E-state index contributed by atoms with van der Waals surface area (Å²) in [7, 11) is 1.52. The number of aliphatic hydroxyl groups is 1. The average Bonchev–Trinajstić information content (AvgIpc) is 3.01. The lowest BCUT2D eigenvalue weighted by molar-refractivity contribution is -0.140. The third kappa shape index (κ3) is 4.20. The first kappa shape index (κ1) is 20.3. The van der Waals surface area contributed by atoms with Crippen molar-refractivity contribution in [2.75, 3.05) is 26.9 Å². The summed E-state index contributed by atoms with van der Waals surface area (Å²) in [6.07, 6.45) is 4.81. The van der Waals surface area contributed by atoms with E-state index in [0.717, 1.165) is 0 Å². The largest absolute Gasteiger partial charge is 0.507 e. The van der Waals surface area contributed by atoms with Gasteiger partial charge in [0.25, 0.3) is 11.7 Å². The van der Waals surface area contributed by atoms with Crippen molar-refractivity contribution in [2.24, 2.45) is 0 Å². The van der Waals surface area contributed by atoms with Crippen LogP contribution in [0.25, 0.3) is 5.76 Å². The first-order valence-electron chi connectivity index (χ1n) is 9.10. The van der Waals surface area contributed by atoms with Gasteiger partial charge in [0.05, 0.1) is 18.2 Å². The summed E-state index contributed by atoms with van der Waals surface area (Å²) >= 11 is 0. The molecule has 1 aromatic carbocycles. The molecule has 1 amide bonds. The van der Waals surface area contributed by atoms with Crippen LogP contribution in [0.4, 0.5) is 0 Å². The van der Waals surface area contributed by atoms with Crippen molar-refractivity contribution in [3.05, 3.63) is 78.1 Å². The number of carbonyl (C=O) groups is 2. The second kappa shape index (κ2) is 9.16. The van der Waals surface area contributed by atoms with Gasteiger partial charge in [0.1, 0.15) is 18.1 Å². The number of Topliss-reactive ketones (excluding diaryl/α,β-unsaturated/α-hetero) is 1. The highest BCUT2D eigenvalue weighted by molar-refractivity contribution is 6.46. The van der Waals surface area contributed by atoms with Gasteiger partial charge in [0.15, 0.2) is 0 Å². The van der Waals surface area contributed by atoms with Crippen molar-refractivity contribution in [1.82, 2.24) is 9.88 Å². The van der Waals surface area contributed by atoms with Gasteiger partial charge in [-0.2, -0.15) is 0 Å². The maximum Gasteiger partial charge on any atom is 0.295 e. The van der Waals surface area contributed by atoms with E-state index in [1.165, 1.54) is 12.0 Å². The van der Waals surface area contributed by atoms with Gasteiger partial charge in [-0.3, -0.25) is 14.6 Å². The summed E-state index contributed by atoms with van der Waals surface area (Å²) in [6, 6.07) is 9.38. The predicted molar refractivity (Wildman–Crippen MR) is 107 cm³/mol. The van der Waals surface area contributed by atoms with E-state index in [4.69, 9.17) is 9.47 Å². The Morgan fingerprint density at radius 3 is 2.66 bits per heavy atom. The molecular formula is C22H22N2O5. The number of methoxy groups -OCH3 is 1. The molecule has 1 fully saturated rings. The molecule has 0 spiro atoms. The second-order valence-corrected chi connectivity index (χ2v) is 6.40. The van der Waals surface area contributed by atoms with Gasteiger partial charge in [-0.15, -0.1) is 0 Å². The number of aliphatic hydroxyl groups excluding tert-OH is 1. The van der Waals surface area contributed by atoms with Gasteiger partial charge in [-0.05, 0) is 35.9 Å². The monoisotopic (exact) mass is 394 g/mol. The number of pyridine rings is 1. The van der Waals surface area contributed by atoms with Crippen molar-refractivity contribution in [2.45, 2.75) is 6.04 Å². The Hall–Kier alpha value is -3.45. The molecule has 1 N–H and O–H groups in total. The molecule has 0 radical (unpaired) electrons. The minimum Gasteiger partial charge on any atom is -0.507 e. The van der Waals surface area contributed by atoms with Crippen LogP contribution in [0.2, 0.25) is 0 Å². The lowest BCUT2D eigenvalue weighted by Gasteiger charge is -2.24. The Morgan fingerprint density at radius 2 is 2.03 bits per heavy atom. The fourth-order valence-electron chi connectivity index (χ4n) is 3.20. The van der Waals surface area contributed by atoms with Crippen LogP contribution in [0.3, 0.4) is 0 Å². The van der Waals surface area contributed by atoms with Crippen LogP contribution in [0.5, 0.6) is 5.75 Å². The van der Waals surface area contributed by atoms with Crippen molar-refractivity contribution in [1.29, 1.82) is 0 Å². The smallest absolute Gasteiger partial charge is 0.295 e. The minimum atomic E-state index is -0.740. The molecule has 1 aromatic heterocycles. The average molecular weight is 394 g/mol.